The molecule has 18 heavy (non-hydrogen) atoms. The smallest absolute Gasteiger partial charge is 0.186 e. The molecule has 2 aliphatic carbocycles. The van der Waals surface area contributed by atoms with Crippen molar-refractivity contribution in [1.29, 1.82) is 0 Å². The van der Waals surface area contributed by atoms with Gasteiger partial charge in [-0.1, -0.05) is 25.2 Å². The molecule has 1 heterocycles. The summed E-state index contributed by atoms with van der Waals surface area (Å²) in [6, 6.07) is 0.930. The number of nitrogens with zero attached hydrogens (tertiary/aromatic N) is 2. The van der Waals surface area contributed by atoms with Crippen LogP contribution < -0.4 is 10.6 Å². The Labute approximate surface area is 113 Å². The molecule has 0 spiro atoms. The predicted molar refractivity (Wildman–Crippen MR) is 77.2 cm³/mol. The van der Waals surface area contributed by atoms with Gasteiger partial charge in [0.2, 0.25) is 0 Å². The first-order valence-corrected chi connectivity index (χ1v) is 7.83. The second-order valence-corrected chi connectivity index (χ2v) is 7.49. The van der Waals surface area contributed by atoms with Crippen LogP contribution in [0.25, 0.3) is 0 Å². The molecule has 1 unspecified atom stereocenters. The summed E-state index contributed by atoms with van der Waals surface area (Å²) in [5.74, 6) is 0. The first kappa shape index (κ1) is 12.4. The van der Waals surface area contributed by atoms with Crippen LogP contribution >= 0.6 is 11.3 Å². The van der Waals surface area contributed by atoms with Crippen LogP contribution in [-0.2, 0) is 6.42 Å². The van der Waals surface area contributed by atoms with Crippen LogP contribution in [0.5, 0.6) is 0 Å². The Balaban J connectivity index is 1.91. The monoisotopic (exact) mass is 265 g/mol. The van der Waals surface area contributed by atoms with E-state index in [4.69, 9.17) is 10.7 Å². The molecule has 1 fully saturated rings. The molecule has 0 saturated heterocycles. The number of hydrogen-bond donors (Lipinski definition) is 1. The number of thiazole rings is 1. The predicted octanol–water partition coefficient (Wildman–Crippen LogP) is 3.10. The summed E-state index contributed by atoms with van der Waals surface area (Å²) in [7, 11) is 0. The van der Waals surface area contributed by atoms with Gasteiger partial charge in [0.05, 0.1) is 5.69 Å². The fourth-order valence-electron chi connectivity index (χ4n) is 3.04. The van der Waals surface area contributed by atoms with E-state index in [2.05, 4.69) is 25.7 Å². The summed E-state index contributed by atoms with van der Waals surface area (Å²) in [5, 5.41) is 1.21. The molecule has 0 aliphatic heterocycles. The van der Waals surface area contributed by atoms with Crippen molar-refractivity contribution >= 4 is 16.5 Å². The van der Waals surface area contributed by atoms with E-state index >= 15 is 0 Å². The Morgan fingerprint density at radius 3 is 2.78 bits per heavy atom. The van der Waals surface area contributed by atoms with E-state index in [0.717, 1.165) is 25.4 Å². The Morgan fingerprint density at radius 2 is 2.17 bits per heavy atom. The molecule has 1 aromatic heterocycles. The molecule has 2 aliphatic rings. The third-order valence-electron chi connectivity index (χ3n) is 4.05. The number of rotatable bonds is 3. The quantitative estimate of drug-likeness (QED) is 0.913. The van der Waals surface area contributed by atoms with Gasteiger partial charge in [-0.2, -0.15) is 0 Å². The highest BCUT2D eigenvalue weighted by Crippen LogP contribution is 2.45. The normalized spacial score (nSPS) is 25.9. The molecule has 0 radical (unpaired) electrons. The molecule has 2 N–H and O–H groups in total. The molecule has 0 aromatic carbocycles. The zero-order valence-corrected chi connectivity index (χ0v) is 12.4. The highest BCUT2D eigenvalue weighted by molar-refractivity contribution is 7.15. The summed E-state index contributed by atoms with van der Waals surface area (Å²) < 4.78 is 0. The minimum atomic E-state index is 0.188. The van der Waals surface area contributed by atoms with Crippen molar-refractivity contribution in [3.63, 3.8) is 0 Å². The maximum absolute atomic E-state index is 6.32. The maximum atomic E-state index is 6.32. The van der Waals surface area contributed by atoms with Crippen molar-refractivity contribution in [2.45, 2.75) is 58.5 Å². The molecule has 0 amide bonds. The summed E-state index contributed by atoms with van der Waals surface area (Å²) in [6.07, 6.45) is 4.82. The third-order valence-corrected chi connectivity index (χ3v) is 5.31. The third kappa shape index (κ3) is 2.16. The van der Waals surface area contributed by atoms with Gasteiger partial charge in [0, 0.05) is 23.5 Å². The molecular formula is C14H23N3S. The summed E-state index contributed by atoms with van der Waals surface area (Å²) in [4.78, 5) is 8.69. The molecular weight excluding hydrogens is 242 g/mol. The lowest BCUT2D eigenvalue weighted by molar-refractivity contribution is 0.282. The van der Waals surface area contributed by atoms with Crippen molar-refractivity contribution < 1.29 is 0 Å². The molecule has 1 aromatic rings. The van der Waals surface area contributed by atoms with E-state index < -0.39 is 0 Å². The Hall–Kier alpha value is -0.610. The fourth-order valence-corrected chi connectivity index (χ4v) is 4.26. The van der Waals surface area contributed by atoms with E-state index in [0.29, 0.717) is 5.41 Å². The number of aromatic nitrogens is 1. The molecule has 3 rings (SSSR count). The zero-order valence-electron chi connectivity index (χ0n) is 11.6. The average molecular weight is 265 g/mol. The second-order valence-electron chi connectivity index (χ2n) is 6.48. The van der Waals surface area contributed by atoms with Gasteiger partial charge in [0.25, 0.3) is 0 Å². The Morgan fingerprint density at radius 1 is 1.44 bits per heavy atom. The van der Waals surface area contributed by atoms with E-state index in [1.54, 1.807) is 0 Å². The minimum absolute atomic E-state index is 0.188. The van der Waals surface area contributed by atoms with Crippen molar-refractivity contribution in [2.75, 3.05) is 11.4 Å². The Bertz CT molecular complexity index is 448. The Kier molecular flexibility index (Phi) is 2.90. The number of hydrogen-bond acceptors (Lipinski definition) is 4. The van der Waals surface area contributed by atoms with Crippen LogP contribution in [0.15, 0.2) is 0 Å². The minimum Gasteiger partial charge on any atom is -0.345 e. The van der Waals surface area contributed by atoms with Crippen LogP contribution in [0.4, 0.5) is 5.13 Å². The molecule has 1 atom stereocenters. The molecule has 3 nitrogen and oxygen atoms in total. The lowest BCUT2D eigenvalue weighted by Gasteiger charge is -2.32. The van der Waals surface area contributed by atoms with E-state index in [-0.39, 0.29) is 6.04 Å². The topological polar surface area (TPSA) is 42.2 Å². The van der Waals surface area contributed by atoms with Gasteiger partial charge in [-0.25, -0.2) is 4.98 Å². The summed E-state index contributed by atoms with van der Waals surface area (Å²) in [5.41, 5.74) is 7.88. The van der Waals surface area contributed by atoms with Crippen molar-refractivity contribution in [3.05, 3.63) is 10.6 Å². The average Bonchev–Trinajstić information content (AvgIpc) is 2.99. The van der Waals surface area contributed by atoms with Gasteiger partial charge in [-0.3, -0.25) is 0 Å². The van der Waals surface area contributed by atoms with Crippen molar-refractivity contribution in [3.8, 4) is 0 Å². The standard InChI is InChI=1S/C14H23N3S/c1-4-17(9-5-6-9)13-16-11-8-14(2,3)7-10(15)12(11)18-13/h9-10H,4-8,15H2,1-3H3. The van der Waals surface area contributed by atoms with Gasteiger partial charge in [-0.15, -0.1) is 0 Å². The van der Waals surface area contributed by atoms with Gasteiger partial charge in [-0.05, 0) is 38.0 Å². The van der Waals surface area contributed by atoms with Gasteiger partial charge >= 0.3 is 0 Å². The molecule has 100 valence electrons. The largest absolute Gasteiger partial charge is 0.345 e. The van der Waals surface area contributed by atoms with Crippen LogP contribution in [0.3, 0.4) is 0 Å². The van der Waals surface area contributed by atoms with E-state index in [1.807, 2.05) is 11.3 Å². The zero-order chi connectivity index (χ0) is 12.9. The van der Waals surface area contributed by atoms with Crippen molar-refractivity contribution in [1.82, 2.24) is 4.98 Å². The molecule has 1 saturated carbocycles. The van der Waals surface area contributed by atoms with Crippen LogP contribution in [0.2, 0.25) is 0 Å². The first-order valence-electron chi connectivity index (χ1n) is 7.02. The maximum Gasteiger partial charge on any atom is 0.186 e. The SMILES string of the molecule is CCN(c1nc2c(s1)C(N)CC(C)(C)C2)C1CC1. The van der Waals surface area contributed by atoms with Crippen LogP contribution in [0, 0.1) is 5.41 Å². The number of anilines is 1. The van der Waals surface area contributed by atoms with Gasteiger partial charge in [0.15, 0.2) is 5.13 Å². The highest BCUT2D eigenvalue weighted by Gasteiger charge is 2.36. The van der Waals surface area contributed by atoms with Crippen molar-refractivity contribution in [2.24, 2.45) is 11.1 Å². The number of fused-ring (bicyclic) bond motifs is 1. The van der Waals surface area contributed by atoms with Gasteiger partial charge < -0.3 is 10.6 Å². The highest BCUT2D eigenvalue weighted by atomic mass is 32.1. The lowest BCUT2D eigenvalue weighted by atomic mass is 9.77. The van der Waals surface area contributed by atoms with E-state index in [1.165, 1.54) is 28.5 Å². The van der Waals surface area contributed by atoms with E-state index in [9.17, 15) is 0 Å². The second kappa shape index (κ2) is 4.20. The fraction of sp³-hybridized carbons (Fsp3) is 0.786. The van der Waals surface area contributed by atoms with Gasteiger partial charge in [0.1, 0.15) is 0 Å². The van der Waals surface area contributed by atoms with Crippen LogP contribution in [-0.4, -0.2) is 17.6 Å². The molecule has 0 bridgehead atoms. The summed E-state index contributed by atoms with van der Waals surface area (Å²) in [6.45, 7) is 7.89. The first-order chi connectivity index (χ1) is 8.50. The lowest BCUT2D eigenvalue weighted by Crippen LogP contribution is -2.29. The number of nitrogens with two attached hydrogens (primary N) is 1. The van der Waals surface area contributed by atoms with Crippen LogP contribution in [0.1, 0.15) is 56.6 Å². The molecule has 4 heteroatoms. The summed E-state index contributed by atoms with van der Waals surface area (Å²) >= 11 is 1.83.